The maximum atomic E-state index is 11.5. The Morgan fingerprint density at radius 3 is 2.59 bits per heavy atom. The second kappa shape index (κ2) is 5.42. The number of sulfonamides is 1. The maximum Gasteiger partial charge on any atom is 0.324 e. The molecule has 0 bridgehead atoms. The molecule has 0 aliphatic rings. The van der Waals surface area contributed by atoms with Gasteiger partial charge in [-0.25, -0.2) is 8.42 Å². The SMILES string of the molecule is CSc1cccc(N(CC(=O)O)S(C)(=O)=O)c1. The van der Waals surface area contributed by atoms with Crippen molar-refractivity contribution in [2.45, 2.75) is 4.90 Å². The molecule has 1 N–H and O–H groups in total. The van der Waals surface area contributed by atoms with Gasteiger partial charge in [0.2, 0.25) is 10.0 Å². The molecule has 1 aromatic carbocycles. The lowest BCUT2D eigenvalue weighted by molar-refractivity contribution is -0.135. The van der Waals surface area contributed by atoms with Crippen molar-refractivity contribution in [3.8, 4) is 0 Å². The van der Waals surface area contributed by atoms with E-state index in [1.54, 1.807) is 18.2 Å². The van der Waals surface area contributed by atoms with Crippen LogP contribution in [-0.2, 0) is 14.8 Å². The van der Waals surface area contributed by atoms with Crippen LogP contribution in [0.2, 0.25) is 0 Å². The van der Waals surface area contributed by atoms with Gasteiger partial charge >= 0.3 is 5.97 Å². The van der Waals surface area contributed by atoms with E-state index in [0.29, 0.717) is 5.69 Å². The highest BCUT2D eigenvalue weighted by atomic mass is 32.2. The second-order valence-electron chi connectivity index (χ2n) is 3.36. The van der Waals surface area contributed by atoms with Crippen molar-refractivity contribution in [3.05, 3.63) is 24.3 Å². The van der Waals surface area contributed by atoms with Crippen LogP contribution in [0.15, 0.2) is 29.2 Å². The van der Waals surface area contributed by atoms with E-state index in [2.05, 4.69) is 0 Å². The van der Waals surface area contributed by atoms with Crippen LogP contribution in [0.5, 0.6) is 0 Å². The van der Waals surface area contributed by atoms with Gasteiger partial charge in [-0.1, -0.05) is 6.07 Å². The number of rotatable bonds is 5. The number of carboxylic acid groups (broad SMARTS) is 1. The summed E-state index contributed by atoms with van der Waals surface area (Å²) in [5.41, 5.74) is 0.363. The molecule has 0 saturated heterocycles. The van der Waals surface area contributed by atoms with E-state index in [1.807, 2.05) is 12.3 Å². The molecule has 17 heavy (non-hydrogen) atoms. The zero-order valence-corrected chi connectivity index (χ0v) is 11.1. The van der Waals surface area contributed by atoms with E-state index in [0.717, 1.165) is 15.5 Å². The monoisotopic (exact) mass is 275 g/mol. The molecule has 7 heteroatoms. The van der Waals surface area contributed by atoms with Crippen LogP contribution in [0.1, 0.15) is 0 Å². The van der Waals surface area contributed by atoms with Crippen molar-refractivity contribution in [1.82, 2.24) is 0 Å². The Labute approximate surface area is 104 Å². The lowest BCUT2D eigenvalue weighted by atomic mass is 10.3. The Morgan fingerprint density at radius 1 is 1.47 bits per heavy atom. The maximum absolute atomic E-state index is 11.5. The Morgan fingerprint density at radius 2 is 2.12 bits per heavy atom. The second-order valence-corrected chi connectivity index (χ2v) is 6.15. The van der Waals surface area contributed by atoms with Crippen LogP contribution in [0.25, 0.3) is 0 Å². The van der Waals surface area contributed by atoms with Crippen molar-refractivity contribution in [1.29, 1.82) is 0 Å². The van der Waals surface area contributed by atoms with E-state index in [-0.39, 0.29) is 0 Å². The number of anilines is 1. The third-order valence-corrected chi connectivity index (χ3v) is 3.89. The molecule has 0 saturated carbocycles. The fourth-order valence-electron chi connectivity index (χ4n) is 1.29. The minimum absolute atomic E-state index is 0.363. The number of benzene rings is 1. The molecule has 0 fully saturated rings. The zero-order valence-electron chi connectivity index (χ0n) is 9.45. The molecule has 0 heterocycles. The summed E-state index contributed by atoms with van der Waals surface area (Å²) in [7, 11) is -3.59. The van der Waals surface area contributed by atoms with Gasteiger partial charge in [0.15, 0.2) is 0 Å². The molecule has 0 radical (unpaired) electrons. The highest BCUT2D eigenvalue weighted by Crippen LogP contribution is 2.23. The highest BCUT2D eigenvalue weighted by Gasteiger charge is 2.20. The topological polar surface area (TPSA) is 74.7 Å². The van der Waals surface area contributed by atoms with Crippen LogP contribution in [0.4, 0.5) is 5.69 Å². The largest absolute Gasteiger partial charge is 0.480 e. The van der Waals surface area contributed by atoms with Crippen LogP contribution in [0, 0.1) is 0 Å². The zero-order chi connectivity index (χ0) is 13.1. The molecule has 0 aromatic heterocycles. The number of thioether (sulfide) groups is 1. The third-order valence-electron chi connectivity index (χ3n) is 2.02. The number of hydrogen-bond acceptors (Lipinski definition) is 4. The Bertz CT molecular complexity index is 513. The van der Waals surface area contributed by atoms with Crippen molar-refractivity contribution in [2.24, 2.45) is 0 Å². The van der Waals surface area contributed by atoms with E-state index in [1.165, 1.54) is 11.8 Å². The lowest BCUT2D eigenvalue weighted by Crippen LogP contribution is -2.34. The predicted octanol–water partition coefficient (Wildman–Crippen LogP) is 1.26. The molecule has 1 aromatic rings. The van der Waals surface area contributed by atoms with Gasteiger partial charge < -0.3 is 5.11 Å². The van der Waals surface area contributed by atoms with Gasteiger partial charge in [-0.3, -0.25) is 9.10 Å². The number of hydrogen-bond donors (Lipinski definition) is 1. The Hall–Kier alpha value is -1.21. The van der Waals surface area contributed by atoms with Crippen molar-refractivity contribution >= 4 is 33.4 Å². The molecule has 94 valence electrons. The van der Waals surface area contributed by atoms with Crippen LogP contribution in [-0.4, -0.2) is 38.5 Å². The first kappa shape index (κ1) is 13.9. The quantitative estimate of drug-likeness (QED) is 0.819. The molecule has 0 amide bonds. The van der Waals surface area contributed by atoms with Crippen molar-refractivity contribution in [3.63, 3.8) is 0 Å². The first-order chi connectivity index (χ1) is 7.84. The van der Waals surface area contributed by atoms with Gasteiger partial charge in [0.1, 0.15) is 6.54 Å². The summed E-state index contributed by atoms with van der Waals surface area (Å²) in [6, 6.07) is 6.74. The molecule has 0 unspecified atom stereocenters. The summed E-state index contributed by atoms with van der Waals surface area (Å²) >= 11 is 1.46. The number of carbonyl (C=O) groups is 1. The molecular formula is C10H13NO4S2. The molecule has 0 aliphatic carbocycles. The fourth-order valence-corrected chi connectivity index (χ4v) is 2.58. The number of nitrogens with zero attached hydrogens (tertiary/aromatic N) is 1. The summed E-state index contributed by atoms with van der Waals surface area (Å²) in [6.07, 6.45) is 2.85. The molecular weight excluding hydrogens is 262 g/mol. The minimum Gasteiger partial charge on any atom is -0.480 e. The smallest absolute Gasteiger partial charge is 0.324 e. The van der Waals surface area contributed by atoms with Gasteiger partial charge in [-0.15, -0.1) is 11.8 Å². The van der Waals surface area contributed by atoms with Crippen LogP contribution in [0.3, 0.4) is 0 Å². The van der Waals surface area contributed by atoms with Crippen molar-refractivity contribution in [2.75, 3.05) is 23.4 Å². The summed E-state index contributed by atoms with van der Waals surface area (Å²) < 4.78 is 23.9. The summed E-state index contributed by atoms with van der Waals surface area (Å²) in [4.78, 5) is 11.5. The Balaban J connectivity index is 3.17. The van der Waals surface area contributed by atoms with Gasteiger partial charge in [0.25, 0.3) is 0 Å². The van der Waals surface area contributed by atoms with E-state index >= 15 is 0 Å². The molecule has 0 aliphatic heterocycles. The first-order valence-electron chi connectivity index (χ1n) is 4.68. The molecule has 1 rings (SSSR count). The lowest BCUT2D eigenvalue weighted by Gasteiger charge is -2.20. The minimum atomic E-state index is -3.59. The molecule has 0 atom stereocenters. The predicted molar refractivity (Wildman–Crippen MR) is 68.0 cm³/mol. The normalized spacial score (nSPS) is 11.2. The summed E-state index contributed by atoms with van der Waals surface area (Å²) in [5.74, 6) is -1.19. The van der Waals surface area contributed by atoms with Crippen LogP contribution < -0.4 is 4.31 Å². The Kier molecular flexibility index (Phi) is 4.41. The first-order valence-corrected chi connectivity index (χ1v) is 7.75. The molecule has 5 nitrogen and oxygen atoms in total. The van der Waals surface area contributed by atoms with Crippen LogP contribution >= 0.6 is 11.8 Å². The van der Waals surface area contributed by atoms with Gasteiger partial charge in [-0.05, 0) is 24.5 Å². The van der Waals surface area contributed by atoms with Gasteiger partial charge in [0, 0.05) is 4.90 Å². The molecule has 0 spiro atoms. The van der Waals surface area contributed by atoms with E-state index in [4.69, 9.17) is 5.11 Å². The third kappa shape index (κ3) is 3.94. The summed E-state index contributed by atoms with van der Waals surface area (Å²) in [5, 5.41) is 8.72. The van der Waals surface area contributed by atoms with E-state index < -0.39 is 22.5 Å². The fraction of sp³-hybridized carbons (Fsp3) is 0.300. The average Bonchev–Trinajstić information content (AvgIpc) is 2.24. The number of aliphatic carboxylic acids is 1. The standard InChI is InChI=1S/C10H13NO4S2/c1-16-9-5-3-4-8(6-9)11(7-10(12)13)17(2,14)15/h3-6H,7H2,1-2H3,(H,12,13). The summed E-state index contributed by atoms with van der Waals surface area (Å²) in [6.45, 7) is -0.573. The highest BCUT2D eigenvalue weighted by molar-refractivity contribution is 7.98. The van der Waals surface area contributed by atoms with Crippen molar-refractivity contribution < 1.29 is 18.3 Å². The average molecular weight is 275 g/mol. The van der Waals surface area contributed by atoms with Gasteiger partial charge in [0.05, 0.1) is 11.9 Å². The van der Waals surface area contributed by atoms with E-state index in [9.17, 15) is 13.2 Å². The number of carboxylic acids is 1. The van der Waals surface area contributed by atoms with Gasteiger partial charge in [-0.2, -0.15) is 0 Å².